The lowest BCUT2D eigenvalue weighted by atomic mass is 9.94. The van der Waals surface area contributed by atoms with E-state index < -0.39 is 8.07 Å². The Bertz CT molecular complexity index is 3850. The summed E-state index contributed by atoms with van der Waals surface area (Å²) >= 11 is 0. The van der Waals surface area contributed by atoms with Crippen molar-refractivity contribution in [3.63, 3.8) is 0 Å². The number of rotatable bonds is 7. The molecule has 10 aromatic carbocycles. The summed E-state index contributed by atoms with van der Waals surface area (Å²) in [6, 6.07) is 92.3. The molecule has 0 amide bonds. The van der Waals surface area contributed by atoms with E-state index in [0.717, 1.165) is 11.3 Å². The summed E-state index contributed by atoms with van der Waals surface area (Å²) in [5, 5.41) is 10.4. The zero-order valence-electron chi connectivity index (χ0n) is 37.7. The predicted molar refractivity (Wildman–Crippen MR) is 292 cm³/mol. The average Bonchev–Trinajstić information content (AvgIpc) is 4.08. The molecule has 5 heteroatoms. The molecule has 4 heterocycles. The Labute approximate surface area is 402 Å². The van der Waals surface area contributed by atoms with Gasteiger partial charge in [-0.15, -0.1) is 0 Å². The third kappa shape index (κ3) is 5.91. The van der Waals surface area contributed by atoms with E-state index in [1.807, 2.05) is 12.3 Å². The Morgan fingerprint density at radius 1 is 0.377 bits per heavy atom. The van der Waals surface area contributed by atoms with Gasteiger partial charge < -0.3 is 9.80 Å². The van der Waals surface area contributed by atoms with Gasteiger partial charge in [-0.2, -0.15) is 0 Å². The molecule has 0 spiro atoms. The quantitative estimate of drug-likeness (QED) is 0.149. The fourth-order valence-electron chi connectivity index (χ4n) is 11.8. The van der Waals surface area contributed by atoms with E-state index in [9.17, 15) is 0 Å². The molecule has 0 N–H and O–H groups in total. The summed E-state index contributed by atoms with van der Waals surface area (Å²) in [5.74, 6) is 0.917. The molecular formula is C64H44N4Si. The summed E-state index contributed by atoms with van der Waals surface area (Å²) < 4.78 is 2.36. The van der Waals surface area contributed by atoms with Crippen molar-refractivity contribution in [2.45, 2.75) is 0 Å². The first kappa shape index (κ1) is 39.4. The third-order valence-corrected chi connectivity index (χ3v) is 19.6. The van der Waals surface area contributed by atoms with Crippen LogP contribution in [0.3, 0.4) is 0 Å². The van der Waals surface area contributed by atoms with Gasteiger partial charge in [0.05, 0.1) is 28.1 Å². The minimum atomic E-state index is -2.99. The Morgan fingerprint density at radius 2 is 0.971 bits per heavy atom. The normalized spacial score (nSPS) is 13.5. The van der Waals surface area contributed by atoms with Gasteiger partial charge in [0.2, 0.25) is 0 Å². The highest BCUT2D eigenvalue weighted by atomic mass is 28.3. The van der Waals surface area contributed by atoms with E-state index in [1.54, 1.807) is 0 Å². The second kappa shape index (κ2) is 15.7. The van der Waals surface area contributed by atoms with Gasteiger partial charge in [-0.1, -0.05) is 206 Å². The molecule has 0 saturated heterocycles. The molecule has 0 fully saturated rings. The van der Waals surface area contributed by atoms with Crippen molar-refractivity contribution in [2.24, 2.45) is 0 Å². The number of pyridine rings is 1. The fourth-order valence-corrected chi connectivity index (χ4v) is 17.0. The number of benzene rings is 10. The number of aromatic nitrogens is 2. The number of fused-ring (bicyclic) bond motifs is 9. The first-order chi connectivity index (χ1) is 34.3. The second-order valence-corrected chi connectivity index (χ2v) is 22.0. The van der Waals surface area contributed by atoms with Crippen LogP contribution in [0, 0.1) is 0 Å². The van der Waals surface area contributed by atoms with Gasteiger partial charge in [-0.05, 0) is 90.9 Å². The molecule has 0 atom stereocenters. The molecule has 4 nitrogen and oxygen atoms in total. The minimum Gasteiger partial charge on any atom is -0.321 e. The average molecular weight is 897 g/mol. The van der Waals surface area contributed by atoms with Crippen molar-refractivity contribution in [3.8, 4) is 39.2 Å². The summed E-state index contributed by atoms with van der Waals surface area (Å²) in [4.78, 5) is 10.1. The van der Waals surface area contributed by atoms with E-state index in [0.29, 0.717) is 6.67 Å². The van der Waals surface area contributed by atoms with Crippen molar-refractivity contribution in [2.75, 3.05) is 16.5 Å². The molecule has 2 aliphatic heterocycles. The standard InChI is InChI=1S/C64H44N4Si/c1-3-19-44(20-4-1)50-30-18-31-51(45-21-5-2-6-22-45)63(50)67-43-66(58-39-36-46-23-7-8-26-52(46)64(58)67)47-24-17-25-48(41-47)69(60-33-13-10-28-55(60)56-29-11-14-34-61(56)69)49-37-38-54-53-27-9-12-32-57(53)68(59(54)42-49)62-35-15-16-40-65-62/h1-42H,43H2. The van der Waals surface area contributed by atoms with Crippen LogP contribution in [0.5, 0.6) is 0 Å². The molecule has 0 radical (unpaired) electrons. The van der Waals surface area contributed by atoms with Crippen LogP contribution in [0.25, 0.3) is 71.8 Å². The molecule has 0 unspecified atom stereocenters. The maximum absolute atomic E-state index is 4.93. The molecule has 2 aromatic heterocycles. The first-order valence-corrected chi connectivity index (χ1v) is 25.8. The summed E-state index contributed by atoms with van der Waals surface area (Å²) in [6.45, 7) is 0.633. The van der Waals surface area contributed by atoms with Gasteiger partial charge in [-0.25, -0.2) is 4.98 Å². The van der Waals surface area contributed by atoms with E-state index >= 15 is 0 Å². The predicted octanol–water partition coefficient (Wildman–Crippen LogP) is 13.3. The van der Waals surface area contributed by atoms with Gasteiger partial charge in [-0.3, -0.25) is 4.57 Å². The number of hydrogen-bond donors (Lipinski definition) is 0. The van der Waals surface area contributed by atoms with E-state index in [1.165, 1.54) is 104 Å². The Hall–Kier alpha value is -8.77. The lowest BCUT2D eigenvalue weighted by molar-refractivity contribution is 0.994. The van der Waals surface area contributed by atoms with Crippen molar-refractivity contribution in [1.29, 1.82) is 0 Å². The minimum absolute atomic E-state index is 0.633. The SMILES string of the molecule is c1ccc(-c2cccc(-c3ccccc3)c2N2CN(c3cccc([Si]4(c5ccc6c7ccccc7n(-c7ccccn7)c6c5)c5ccccc5-c5ccccc54)c3)c3ccc4ccccc4c32)cc1. The largest absolute Gasteiger partial charge is 0.321 e. The molecule has 69 heavy (non-hydrogen) atoms. The van der Waals surface area contributed by atoms with E-state index in [2.05, 4.69) is 257 Å². The molecule has 0 aliphatic carbocycles. The van der Waals surface area contributed by atoms with Gasteiger partial charge in [0.1, 0.15) is 12.5 Å². The van der Waals surface area contributed by atoms with Crippen molar-refractivity contribution < 1.29 is 0 Å². The van der Waals surface area contributed by atoms with Gasteiger partial charge in [0, 0.05) is 39.2 Å². The molecule has 324 valence electrons. The highest BCUT2D eigenvalue weighted by Crippen LogP contribution is 2.52. The highest BCUT2D eigenvalue weighted by Gasteiger charge is 2.49. The number of anilines is 4. The molecule has 12 aromatic rings. The number of para-hydroxylation sites is 2. The molecule has 2 aliphatic rings. The van der Waals surface area contributed by atoms with Crippen LogP contribution in [-0.4, -0.2) is 24.3 Å². The smallest absolute Gasteiger partial charge is 0.181 e. The van der Waals surface area contributed by atoms with Gasteiger partial charge >= 0.3 is 0 Å². The number of nitrogens with zero attached hydrogens (tertiary/aromatic N) is 4. The lowest BCUT2D eigenvalue weighted by Crippen LogP contribution is -2.72. The Morgan fingerprint density at radius 3 is 1.70 bits per heavy atom. The molecular weight excluding hydrogens is 853 g/mol. The zero-order valence-corrected chi connectivity index (χ0v) is 38.7. The molecule has 0 saturated carbocycles. The van der Waals surface area contributed by atoms with Crippen LogP contribution < -0.4 is 30.5 Å². The van der Waals surface area contributed by atoms with Crippen LogP contribution in [0.4, 0.5) is 22.7 Å². The second-order valence-electron chi connectivity index (χ2n) is 18.2. The van der Waals surface area contributed by atoms with E-state index in [-0.39, 0.29) is 0 Å². The summed E-state index contributed by atoms with van der Waals surface area (Å²) in [7, 11) is -2.99. The summed E-state index contributed by atoms with van der Waals surface area (Å²) in [5.41, 5.74) is 14.5. The third-order valence-electron chi connectivity index (χ3n) is 14.7. The Balaban J connectivity index is 1.01. The van der Waals surface area contributed by atoms with Crippen LogP contribution in [0.15, 0.2) is 255 Å². The maximum atomic E-state index is 4.93. The fraction of sp³-hybridized carbons (Fsp3) is 0.0156. The topological polar surface area (TPSA) is 24.3 Å². The highest BCUT2D eigenvalue weighted by molar-refractivity contribution is 7.22. The molecule has 0 bridgehead atoms. The van der Waals surface area contributed by atoms with Crippen molar-refractivity contribution in [1.82, 2.24) is 9.55 Å². The van der Waals surface area contributed by atoms with Crippen LogP contribution in [-0.2, 0) is 0 Å². The van der Waals surface area contributed by atoms with Crippen molar-refractivity contribution in [3.05, 3.63) is 255 Å². The molecule has 14 rings (SSSR count). The lowest BCUT2D eigenvalue weighted by Gasteiger charge is -2.33. The monoisotopic (exact) mass is 896 g/mol. The van der Waals surface area contributed by atoms with Crippen LogP contribution >= 0.6 is 0 Å². The van der Waals surface area contributed by atoms with Crippen molar-refractivity contribution >= 4 is 84.1 Å². The maximum Gasteiger partial charge on any atom is 0.181 e. The van der Waals surface area contributed by atoms with Gasteiger partial charge in [0.15, 0.2) is 8.07 Å². The van der Waals surface area contributed by atoms with Crippen LogP contribution in [0.2, 0.25) is 0 Å². The van der Waals surface area contributed by atoms with Crippen LogP contribution in [0.1, 0.15) is 0 Å². The zero-order chi connectivity index (χ0) is 45.5. The number of hydrogen-bond acceptors (Lipinski definition) is 3. The van der Waals surface area contributed by atoms with E-state index in [4.69, 9.17) is 4.98 Å². The first-order valence-electron chi connectivity index (χ1n) is 23.8. The summed E-state index contributed by atoms with van der Waals surface area (Å²) in [6.07, 6.45) is 1.90. The van der Waals surface area contributed by atoms with Gasteiger partial charge in [0.25, 0.3) is 0 Å². The Kier molecular flexibility index (Phi) is 8.94.